The van der Waals surface area contributed by atoms with E-state index in [4.69, 9.17) is 9.47 Å². The Morgan fingerprint density at radius 3 is 2.43 bits per heavy atom. The second-order valence-electron chi connectivity index (χ2n) is 21.7. The molecule has 75 heavy (non-hydrogen) atoms. The Hall–Kier alpha value is -7.02. The van der Waals surface area contributed by atoms with Crippen LogP contribution in [0.2, 0.25) is 0 Å². The van der Waals surface area contributed by atoms with Crippen LogP contribution in [0.4, 0.5) is 17.1 Å². The van der Waals surface area contributed by atoms with Crippen LogP contribution in [-0.2, 0) is 21.4 Å². The van der Waals surface area contributed by atoms with Gasteiger partial charge in [0.15, 0.2) is 0 Å². The van der Waals surface area contributed by atoms with E-state index >= 15 is 0 Å². The number of nitrogens with zero attached hydrogens (tertiary/aromatic N) is 5. The molecule has 1 spiro atoms. The van der Waals surface area contributed by atoms with Crippen LogP contribution in [0.1, 0.15) is 111 Å². The number of piperidine rings is 1. The molecule has 10 rings (SSSR count). The molecule has 1 atom stereocenters. The molecule has 4 heterocycles. The van der Waals surface area contributed by atoms with Gasteiger partial charge in [0.05, 0.1) is 46.9 Å². The van der Waals surface area contributed by atoms with Crippen molar-refractivity contribution in [1.82, 2.24) is 24.5 Å². The maximum atomic E-state index is 14.4. The number of aliphatic hydroxyl groups is 1. The molecule has 0 bridgehead atoms. The summed E-state index contributed by atoms with van der Waals surface area (Å²) in [5.74, 6) is 0.895. The molecule has 2 aliphatic heterocycles. The second-order valence-corrected chi connectivity index (χ2v) is 23.4. The monoisotopic (exact) mass is 1040 g/mol. The predicted molar refractivity (Wildman–Crippen MR) is 287 cm³/mol. The first kappa shape index (κ1) is 51.5. The molecule has 2 amide bonds. The van der Waals surface area contributed by atoms with Crippen molar-refractivity contribution in [3.05, 3.63) is 142 Å². The fourth-order valence-corrected chi connectivity index (χ4v) is 12.8. The van der Waals surface area contributed by atoms with Crippen molar-refractivity contribution in [2.24, 2.45) is 11.3 Å². The SMILES string of the molecule is COc1ccc(CN2CC(=O)N(C3CC4(CCN(c5ccc(C(=O)NS(=O)(=O)c6ccc(NCC7CCC(C)(O)CC7)c([N+](=O)[O-])c6)c(Oc6cnc7[nH]ccc7c6)c5)CC4)C3)C(c3ccccc3C(C)C)C2)cc1. The van der Waals surface area contributed by atoms with Crippen molar-refractivity contribution < 1.29 is 37.5 Å². The van der Waals surface area contributed by atoms with Gasteiger partial charge in [0.2, 0.25) is 5.91 Å². The number of nitro benzene ring substituents is 1. The Labute approximate surface area is 437 Å². The van der Waals surface area contributed by atoms with Crippen molar-refractivity contribution >= 4 is 49.9 Å². The summed E-state index contributed by atoms with van der Waals surface area (Å²) in [5.41, 5.74) is 4.03. The minimum atomic E-state index is -4.61. The zero-order valence-electron chi connectivity index (χ0n) is 43.0. The number of hydrogen-bond donors (Lipinski definition) is 4. The Kier molecular flexibility index (Phi) is 14.4. The standard InChI is InChI=1S/C57H66N8O9S/c1-37(2)46-7-5-6-8-47(46)51-35-62(34-39-9-12-43(73-4)13-10-39)36-53(66)64(51)42-30-57(31-42)22-25-63(26-23-57)41-11-15-48(52(28-41)74-44-27-40-19-24-58-54(40)60-33-44)55(67)61-75(71,72)45-14-16-49(50(29-45)65(69)70)59-32-38-17-20-56(3,68)21-18-38/h5-16,19,24,27-29,33,37-38,42,51,59,68H,17-18,20-23,25-26,30-32,34-36H2,1-4H3,(H,58,60)(H,61,67). The smallest absolute Gasteiger partial charge is 0.293 e. The number of piperazine rings is 1. The molecule has 6 aromatic rings. The van der Waals surface area contributed by atoms with Crippen LogP contribution in [0.25, 0.3) is 11.0 Å². The Morgan fingerprint density at radius 2 is 1.71 bits per heavy atom. The van der Waals surface area contributed by atoms with E-state index < -0.39 is 37.0 Å². The molecule has 2 aromatic heterocycles. The van der Waals surface area contributed by atoms with E-state index in [9.17, 15) is 33.2 Å². The van der Waals surface area contributed by atoms with E-state index in [2.05, 4.69) is 85.0 Å². The van der Waals surface area contributed by atoms with Gasteiger partial charge in [0, 0.05) is 68.2 Å². The lowest BCUT2D eigenvalue weighted by molar-refractivity contribution is -0.384. The topological polar surface area (TPSA) is 213 Å². The van der Waals surface area contributed by atoms with E-state index in [1.807, 2.05) is 18.2 Å². The number of anilines is 2. The number of pyridine rings is 1. The third kappa shape index (κ3) is 11.2. The molecule has 1 unspecified atom stereocenters. The number of nitrogens with one attached hydrogen (secondary N) is 3. The summed E-state index contributed by atoms with van der Waals surface area (Å²) >= 11 is 0. The van der Waals surface area contributed by atoms with Crippen LogP contribution < -0.4 is 24.4 Å². The molecule has 18 heteroatoms. The van der Waals surface area contributed by atoms with Gasteiger partial charge in [-0.25, -0.2) is 18.1 Å². The number of aromatic nitrogens is 2. The number of methoxy groups -OCH3 is 1. The van der Waals surface area contributed by atoms with Gasteiger partial charge in [0.1, 0.15) is 28.6 Å². The van der Waals surface area contributed by atoms with Crippen LogP contribution in [-0.4, -0.2) is 102 Å². The number of hydrogen-bond acceptors (Lipinski definition) is 13. The number of amides is 2. The molecule has 0 radical (unpaired) electrons. The number of rotatable bonds is 16. The number of carbonyl (C=O) groups is 2. The van der Waals surface area contributed by atoms with Crippen LogP contribution in [0.5, 0.6) is 17.2 Å². The van der Waals surface area contributed by atoms with Crippen LogP contribution >= 0.6 is 0 Å². The first-order valence-electron chi connectivity index (χ1n) is 26.0. The maximum absolute atomic E-state index is 14.4. The Balaban J connectivity index is 0.839. The normalized spacial score (nSPS) is 21.3. The quantitative estimate of drug-likeness (QED) is 0.0526. The molecule has 4 N–H and O–H groups in total. The molecule has 17 nitrogen and oxygen atoms in total. The summed E-state index contributed by atoms with van der Waals surface area (Å²) in [6, 6.07) is 28.8. The fraction of sp³-hybridized carbons (Fsp3) is 0.421. The highest BCUT2D eigenvalue weighted by atomic mass is 32.2. The van der Waals surface area contributed by atoms with E-state index in [0.717, 1.165) is 86.6 Å². The summed E-state index contributed by atoms with van der Waals surface area (Å²) in [6.07, 6.45) is 9.65. The van der Waals surface area contributed by atoms with Crippen molar-refractivity contribution in [2.75, 3.05) is 50.1 Å². The van der Waals surface area contributed by atoms with Gasteiger partial charge in [-0.05, 0) is 141 Å². The number of fused-ring (bicyclic) bond motifs is 1. The molecule has 2 saturated heterocycles. The lowest BCUT2D eigenvalue weighted by Crippen LogP contribution is -2.62. The van der Waals surface area contributed by atoms with Gasteiger partial charge < -0.3 is 34.7 Å². The third-order valence-electron chi connectivity index (χ3n) is 16.2. The molecule has 4 fully saturated rings. The highest BCUT2D eigenvalue weighted by molar-refractivity contribution is 7.90. The largest absolute Gasteiger partial charge is 0.497 e. The first-order chi connectivity index (χ1) is 35.9. The predicted octanol–water partition coefficient (Wildman–Crippen LogP) is 9.70. The molecular weight excluding hydrogens is 973 g/mol. The fourth-order valence-electron chi connectivity index (χ4n) is 11.8. The summed E-state index contributed by atoms with van der Waals surface area (Å²) in [4.78, 5) is 53.9. The van der Waals surface area contributed by atoms with Crippen LogP contribution in [0.3, 0.4) is 0 Å². The first-order valence-corrected chi connectivity index (χ1v) is 27.5. The van der Waals surface area contributed by atoms with E-state index in [0.29, 0.717) is 49.8 Å². The van der Waals surface area contributed by atoms with Gasteiger partial charge >= 0.3 is 0 Å². The molecule has 2 aliphatic carbocycles. The summed E-state index contributed by atoms with van der Waals surface area (Å²) in [6.45, 7) is 9.84. The van der Waals surface area contributed by atoms with Crippen molar-refractivity contribution in [3.63, 3.8) is 0 Å². The molecule has 2 saturated carbocycles. The minimum absolute atomic E-state index is 0.0617. The third-order valence-corrected chi connectivity index (χ3v) is 17.5. The molecule has 394 valence electrons. The van der Waals surface area contributed by atoms with E-state index in [1.54, 1.807) is 38.4 Å². The maximum Gasteiger partial charge on any atom is 0.293 e. The average Bonchev–Trinajstić information content (AvgIpc) is 3.86. The van der Waals surface area contributed by atoms with Gasteiger partial charge in [-0.1, -0.05) is 50.2 Å². The highest BCUT2D eigenvalue weighted by Crippen LogP contribution is 2.54. The van der Waals surface area contributed by atoms with E-state index in [-0.39, 0.29) is 46.3 Å². The number of nitro groups is 1. The zero-order chi connectivity index (χ0) is 52.6. The Bertz CT molecular complexity index is 3190. The number of carbonyl (C=O) groups excluding carboxylic acids is 2. The van der Waals surface area contributed by atoms with Gasteiger partial charge in [-0.2, -0.15) is 0 Å². The van der Waals surface area contributed by atoms with Gasteiger partial charge in [-0.3, -0.25) is 24.6 Å². The van der Waals surface area contributed by atoms with Crippen molar-refractivity contribution in [3.8, 4) is 17.2 Å². The second kappa shape index (κ2) is 20.9. The van der Waals surface area contributed by atoms with Crippen molar-refractivity contribution in [1.29, 1.82) is 0 Å². The van der Waals surface area contributed by atoms with E-state index in [1.165, 1.54) is 35.5 Å². The number of H-pyrrole nitrogens is 1. The molecular formula is C57H66N8O9S. The summed E-state index contributed by atoms with van der Waals surface area (Å²) < 4.78 is 41.6. The number of ether oxygens (including phenoxy) is 2. The lowest BCUT2D eigenvalue weighted by Gasteiger charge is -2.58. The average molecular weight is 1040 g/mol. The van der Waals surface area contributed by atoms with Crippen LogP contribution in [0, 0.1) is 21.4 Å². The zero-order valence-corrected chi connectivity index (χ0v) is 43.8. The number of sulfonamides is 1. The van der Waals surface area contributed by atoms with Gasteiger partial charge in [-0.15, -0.1) is 0 Å². The Morgan fingerprint density at radius 1 is 0.960 bits per heavy atom. The molecule has 4 aromatic carbocycles. The van der Waals surface area contributed by atoms with Gasteiger partial charge in [0.25, 0.3) is 21.6 Å². The lowest BCUT2D eigenvalue weighted by atomic mass is 9.59. The minimum Gasteiger partial charge on any atom is -0.497 e. The highest BCUT2D eigenvalue weighted by Gasteiger charge is 2.52. The number of aromatic amines is 1. The van der Waals surface area contributed by atoms with Crippen molar-refractivity contribution in [2.45, 2.75) is 107 Å². The van der Waals surface area contributed by atoms with Crippen LogP contribution in [0.15, 0.2) is 114 Å². The summed E-state index contributed by atoms with van der Waals surface area (Å²) in [5, 5.41) is 26.5. The molecule has 4 aliphatic rings. The summed E-state index contributed by atoms with van der Waals surface area (Å²) in [7, 11) is -2.95. The number of benzene rings is 4.